The number of aromatic nitrogens is 2. The van der Waals surface area contributed by atoms with E-state index in [-0.39, 0.29) is 0 Å². The van der Waals surface area contributed by atoms with Crippen LogP contribution in [0.2, 0.25) is 0 Å². The molecule has 3 aromatic heterocycles. The van der Waals surface area contributed by atoms with E-state index in [4.69, 9.17) is 9.97 Å². The molecule has 6 aromatic carbocycles. The second-order valence-electron chi connectivity index (χ2n) is 12.8. The van der Waals surface area contributed by atoms with E-state index in [0.717, 1.165) is 11.4 Å². The van der Waals surface area contributed by atoms with Crippen molar-refractivity contribution in [3.8, 4) is 44.1 Å². The molecule has 3 heterocycles. The van der Waals surface area contributed by atoms with Gasteiger partial charge in [0.1, 0.15) is 0 Å². The molecule has 11 rings (SSSR count). The topological polar surface area (TPSA) is 25.8 Å². The summed E-state index contributed by atoms with van der Waals surface area (Å²) < 4.78 is 1.33. The summed E-state index contributed by atoms with van der Waals surface area (Å²) in [6.07, 6.45) is 3.83. The van der Waals surface area contributed by atoms with Gasteiger partial charge in [0, 0.05) is 33.1 Å². The average Bonchev–Trinajstić information content (AvgIpc) is 3.77. The van der Waals surface area contributed by atoms with E-state index < -0.39 is 5.41 Å². The zero-order chi connectivity index (χ0) is 31.4. The molecule has 0 bridgehead atoms. The van der Waals surface area contributed by atoms with Crippen LogP contribution >= 0.6 is 11.3 Å². The first-order chi connectivity index (χ1) is 23.8. The summed E-state index contributed by atoms with van der Waals surface area (Å²) in [5.74, 6) is 0. The fourth-order valence-corrected chi connectivity index (χ4v) is 10.1. The van der Waals surface area contributed by atoms with Gasteiger partial charge in [0.05, 0.1) is 16.8 Å². The van der Waals surface area contributed by atoms with Gasteiger partial charge < -0.3 is 0 Å². The summed E-state index contributed by atoms with van der Waals surface area (Å²) in [5.41, 5.74) is 13.1. The van der Waals surface area contributed by atoms with Crippen LogP contribution in [0.25, 0.3) is 75.7 Å². The lowest BCUT2D eigenvalue weighted by Gasteiger charge is -2.30. The maximum atomic E-state index is 5.07. The van der Waals surface area contributed by atoms with Gasteiger partial charge in [0.15, 0.2) is 0 Å². The van der Waals surface area contributed by atoms with Crippen molar-refractivity contribution in [3.05, 3.63) is 180 Å². The predicted octanol–water partition coefficient (Wildman–Crippen LogP) is 11.7. The minimum absolute atomic E-state index is 0.458. The Labute approximate surface area is 281 Å². The van der Waals surface area contributed by atoms with Crippen LogP contribution in [0.15, 0.2) is 158 Å². The molecule has 0 amide bonds. The number of pyridine rings is 2. The summed E-state index contributed by atoms with van der Waals surface area (Å²) in [6, 6.07) is 53.4. The molecule has 2 aliphatic rings. The molecule has 9 aromatic rings. The maximum Gasteiger partial charge on any atom is 0.0756 e. The van der Waals surface area contributed by atoms with E-state index in [9.17, 15) is 0 Å². The van der Waals surface area contributed by atoms with Gasteiger partial charge in [0.2, 0.25) is 0 Å². The first kappa shape index (κ1) is 26.2. The summed E-state index contributed by atoms with van der Waals surface area (Å²) >= 11 is 1.92. The van der Waals surface area contributed by atoms with Gasteiger partial charge in [-0.1, -0.05) is 115 Å². The summed E-state index contributed by atoms with van der Waals surface area (Å²) in [6.45, 7) is 0. The minimum atomic E-state index is -0.458. The molecule has 0 saturated heterocycles. The molecule has 1 spiro atoms. The smallest absolute Gasteiger partial charge is 0.0756 e. The number of hydrogen-bond acceptors (Lipinski definition) is 3. The van der Waals surface area contributed by atoms with Crippen molar-refractivity contribution in [2.45, 2.75) is 5.41 Å². The Kier molecular flexibility index (Phi) is 5.22. The van der Waals surface area contributed by atoms with Gasteiger partial charge in [0.25, 0.3) is 0 Å². The standard InChI is InChI=1S/C45H26N2S/c1-3-14-30-28(12-1)40(29-13-2-4-15-31(29)41(30)38-20-9-10-24-46-38)27-22-23-32-37(26-27)45(36-19-11-25-47-43(32)36)35-18-7-5-16-33(35)44-42(45)34-17-6-8-21-39(34)48-44/h1-26H. The van der Waals surface area contributed by atoms with Crippen molar-refractivity contribution >= 4 is 43.0 Å². The Bertz CT molecular complexity index is 2740. The monoisotopic (exact) mass is 626 g/mol. The molecule has 0 aliphatic heterocycles. The van der Waals surface area contributed by atoms with Gasteiger partial charge in [-0.2, -0.15) is 0 Å². The highest BCUT2D eigenvalue weighted by Gasteiger charge is 2.54. The molecule has 222 valence electrons. The third kappa shape index (κ3) is 3.21. The van der Waals surface area contributed by atoms with Crippen molar-refractivity contribution in [3.63, 3.8) is 0 Å². The second-order valence-corrected chi connectivity index (χ2v) is 13.9. The maximum absolute atomic E-state index is 5.07. The van der Waals surface area contributed by atoms with Crippen LogP contribution in [0.4, 0.5) is 0 Å². The highest BCUT2D eigenvalue weighted by atomic mass is 32.1. The van der Waals surface area contributed by atoms with Gasteiger partial charge in [-0.25, -0.2) is 0 Å². The molecular weight excluding hydrogens is 601 g/mol. The van der Waals surface area contributed by atoms with E-state index >= 15 is 0 Å². The Morgan fingerprint density at radius 3 is 1.88 bits per heavy atom. The van der Waals surface area contributed by atoms with Gasteiger partial charge >= 0.3 is 0 Å². The van der Waals surface area contributed by atoms with Crippen LogP contribution in [0.3, 0.4) is 0 Å². The molecule has 0 fully saturated rings. The molecule has 0 saturated carbocycles. The van der Waals surface area contributed by atoms with E-state index in [1.54, 1.807) is 0 Å². The van der Waals surface area contributed by atoms with Crippen molar-refractivity contribution in [1.82, 2.24) is 9.97 Å². The van der Waals surface area contributed by atoms with Crippen molar-refractivity contribution in [2.75, 3.05) is 0 Å². The fraction of sp³-hybridized carbons (Fsp3) is 0.0222. The predicted molar refractivity (Wildman–Crippen MR) is 200 cm³/mol. The van der Waals surface area contributed by atoms with Crippen LogP contribution in [-0.4, -0.2) is 9.97 Å². The van der Waals surface area contributed by atoms with Crippen LogP contribution in [0, 0.1) is 0 Å². The van der Waals surface area contributed by atoms with E-state index in [0.29, 0.717) is 0 Å². The number of benzene rings is 6. The average molecular weight is 627 g/mol. The Morgan fingerprint density at radius 2 is 1.10 bits per heavy atom. The Morgan fingerprint density at radius 1 is 0.458 bits per heavy atom. The zero-order valence-electron chi connectivity index (χ0n) is 25.8. The van der Waals surface area contributed by atoms with Crippen molar-refractivity contribution in [2.24, 2.45) is 0 Å². The number of hydrogen-bond donors (Lipinski definition) is 0. The third-order valence-electron chi connectivity index (χ3n) is 10.6. The minimum Gasteiger partial charge on any atom is -0.256 e. The number of fused-ring (bicyclic) bond motifs is 14. The molecule has 48 heavy (non-hydrogen) atoms. The van der Waals surface area contributed by atoms with Crippen LogP contribution < -0.4 is 0 Å². The van der Waals surface area contributed by atoms with Crippen LogP contribution in [0.5, 0.6) is 0 Å². The van der Waals surface area contributed by atoms with Gasteiger partial charge in [-0.05, 0) is 96.2 Å². The quantitative estimate of drug-likeness (QED) is 0.178. The fourth-order valence-electron chi connectivity index (χ4n) is 8.82. The SMILES string of the molecule is c1ccc(-c2c3ccccc3c(-c3ccc4c(c3)C3(c5ccccc5-c5sc6ccccc6c53)c3cccnc3-4)c3ccccc23)nc1. The lowest BCUT2D eigenvalue weighted by molar-refractivity contribution is 0.800. The molecule has 0 radical (unpaired) electrons. The molecule has 3 heteroatoms. The highest BCUT2D eigenvalue weighted by Crippen LogP contribution is 2.66. The van der Waals surface area contributed by atoms with Crippen molar-refractivity contribution < 1.29 is 0 Å². The van der Waals surface area contributed by atoms with Gasteiger partial charge in [-0.3, -0.25) is 9.97 Å². The van der Waals surface area contributed by atoms with Crippen LogP contribution in [0.1, 0.15) is 22.3 Å². The van der Waals surface area contributed by atoms with E-state index in [1.165, 1.54) is 86.6 Å². The molecule has 1 atom stereocenters. The first-order valence-corrected chi connectivity index (χ1v) is 17.2. The molecule has 2 nitrogen and oxygen atoms in total. The zero-order valence-corrected chi connectivity index (χ0v) is 26.6. The second kappa shape index (κ2) is 9.57. The van der Waals surface area contributed by atoms with Crippen LogP contribution in [-0.2, 0) is 5.41 Å². The molecule has 1 unspecified atom stereocenters. The third-order valence-corrected chi connectivity index (χ3v) is 11.8. The Balaban J connectivity index is 1.28. The lowest BCUT2D eigenvalue weighted by atomic mass is 9.70. The number of nitrogens with zero attached hydrogens (tertiary/aromatic N) is 2. The number of thiophene rings is 1. The lowest BCUT2D eigenvalue weighted by Crippen LogP contribution is -2.26. The van der Waals surface area contributed by atoms with E-state index in [2.05, 4.69) is 140 Å². The molecule has 2 aliphatic carbocycles. The number of rotatable bonds is 2. The molecule has 0 N–H and O–H groups in total. The normalized spacial score (nSPS) is 15.6. The molecular formula is C45H26N2S. The largest absolute Gasteiger partial charge is 0.256 e. The summed E-state index contributed by atoms with van der Waals surface area (Å²) in [4.78, 5) is 11.3. The summed E-state index contributed by atoms with van der Waals surface area (Å²) in [5, 5.41) is 6.21. The highest BCUT2D eigenvalue weighted by molar-refractivity contribution is 7.22. The summed E-state index contributed by atoms with van der Waals surface area (Å²) in [7, 11) is 0. The first-order valence-electron chi connectivity index (χ1n) is 16.4. The van der Waals surface area contributed by atoms with Crippen molar-refractivity contribution in [1.29, 1.82) is 0 Å². The van der Waals surface area contributed by atoms with Gasteiger partial charge in [-0.15, -0.1) is 11.3 Å². The van der Waals surface area contributed by atoms with E-state index in [1.807, 2.05) is 29.8 Å². The Hall–Kier alpha value is -5.90.